The van der Waals surface area contributed by atoms with E-state index in [0.717, 1.165) is 5.56 Å². The first-order valence-electron chi connectivity index (χ1n) is 7.45. The van der Waals surface area contributed by atoms with Gasteiger partial charge in [-0.25, -0.2) is 8.42 Å². The van der Waals surface area contributed by atoms with E-state index in [-0.39, 0.29) is 10.8 Å². The molecule has 1 aromatic carbocycles. The van der Waals surface area contributed by atoms with E-state index in [1.165, 1.54) is 4.31 Å². The average molecular weight is 341 g/mol. The largest absolute Gasteiger partial charge is 0.379 e. The van der Waals surface area contributed by atoms with E-state index in [9.17, 15) is 13.2 Å². The molecule has 7 nitrogen and oxygen atoms in total. The second-order valence-corrected chi connectivity index (χ2v) is 8.00. The van der Waals surface area contributed by atoms with Crippen LogP contribution < -0.4 is 11.1 Å². The van der Waals surface area contributed by atoms with Crippen LogP contribution in [0.15, 0.2) is 29.2 Å². The first-order chi connectivity index (χ1) is 10.7. The maximum atomic E-state index is 12.5. The van der Waals surface area contributed by atoms with Gasteiger partial charge in [0, 0.05) is 19.6 Å². The van der Waals surface area contributed by atoms with Crippen LogP contribution in [0.4, 0.5) is 0 Å². The summed E-state index contributed by atoms with van der Waals surface area (Å²) in [6, 6.07) is 6.49. The molecule has 0 aromatic heterocycles. The van der Waals surface area contributed by atoms with Crippen LogP contribution in [0.25, 0.3) is 0 Å². The van der Waals surface area contributed by atoms with Crippen LogP contribution >= 0.6 is 0 Å². The number of nitrogens with two attached hydrogens (primary N) is 1. The van der Waals surface area contributed by atoms with Gasteiger partial charge in [0.05, 0.1) is 23.6 Å². The van der Waals surface area contributed by atoms with Crippen molar-refractivity contribution in [1.82, 2.24) is 9.62 Å². The third-order valence-corrected chi connectivity index (χ3v) is 5.48. The Kier molecular flexibility index (Phi) is 5.41. The van der Waals surface area contributed by atoms with E-state index in [2.05, 4.69) is 5.32 Å². The predicted octanol–water partition coefficient (Wildman–Crippen LogP) is 0.0610. The summed E-state index contributed by atoms with van der Waals surface area (Å²) in [5.74, 6) is -0.262. The predicted molar refractivity (Wildman–Crippen MR) is 86.1 cm³/mol. The van der Waals surface area contributed by atoms with Gasteiger partial charge in [0.15, 0.2) is 0 Å². The van der Waals surface area contributed by atoms with Crippen molar-refractivity contribution in [3.8, 4) is 0 Å². The quantitative estimate of drug-likeness (QED) is 0.789. The summed E-state index contributed by atoms with van der Waals surface area (Å²) in [5, 5.41) is 2.72. The number of amides is 1. The topological polar surface area (TPSA) is 102 Å². The van der Waals surface area contributed by atoms with Gasteiger partial charge in [-0.15, -0.1) is 0 Å². The number of carbonyl (C=O) groups is 1. The molecule has 0 bridgehead atoms. The van der Waals surface area contributed by atoms with Crippen molar-refractivity contribution < 1.29 is 17.9 Å². The van der Waals surface area contributed by atoms with Crippen molar-refractivity contribution in [2.24, 2.45) is 5.73 Å². The summed E-state index contributed by atoms with van der Waals surface area (Å²) in [6.45, 7) is 5.12. The third kappa shape index (κ3) is 4.51. The van der Waals surface area contributed by atoms with Gasteiger partial charge < -0.3 is 15.8 Å². The van der Waals surface area contributed by atoms with Crippen molar-refractivity contribution >= 4 is 15.9 Å². The lowest BCUT2D eigenvalue weighted by molar-refractivity contribution is -0.125. The molecule has 1 saturated heterocycles. The number of hydrogen-bond acceptors (Lipinski definition) is 5. The molecule has 0 atom stereocenters. The minimum atomic E-state index is -3.49. The van der Waals surface area contributed by atoms with Crippen LogP contribution in [0.3, 0.4) is 0 Å². The van der Waals surface area contributed by atoms with E-state index in [1.54, 1.807) is 38.1 Å². The highest BCUT2D eigenvalue weighted by Gasteiger charge is 2.26. The molecule has 1 aromatic rings. The average Bonchev–Trinajstić information content (AvgIpc) is 2.53. The molecule has 0 aliphatic carbocycles. The fourth-order valence-corrected chi connectivity index (χ4v) is 3.53. The summed E-state index contributed by atoms with van der Waals surface area (Å²) in [5.41, 5.74) is 5.56. The minimum absolute atomic E-state index is 0.244. The molecular weight excluding hydrogens is 318 g/mol. The summed E-state index contributed by atoms with van der Waals surface area (Å²) in [6.07, 6.45) is 0. The van der Waals surface area contributed by atoms with Gasteiger partial charge in [0.2, 0.25) is 15.9 Å². The fraction of sp³-hybridized carbons (Fsp3) is 0.533. The number of nitrogens with zero attached hydrogens (tertiary/aromatic N) is 1. The number of sulfonamides is 1. The van der Waals surface area contributed by atoms with Gasteiger partial charge in [-0.1, -0.05) is 12.1 Å². The Bertz CT molecular complexity index is 644. The van der Waals surface area contributed by atoms with Crippen LogP contribution in [0.5, 0.6) is 0 Å². The Morgan fingerprint density at radius 3 is 2.35 bits per heavy atom. The summed E-state index contributed by atoms with van der Waals surface area (Å²) in [7, 11) is -3.49. The molecule has 2 rings (SSSR count). The maximum Gasteiger partial charge on any atom is 0.243 e. The zero-order chi connectivity index (χ0) is 17.1. The Morgan fingerprint density at radius 2 is 1.83 bits per heavy atom. The molecular formula is C15H23N3O4S. The van der Waals surface area contributed by atoms with Gasteiger partial charge >= 0.3 is 0 Å². The number of carbonyl (C=O) groups excluding carboxylic acids is 1. The normalized spacial score (nSPS) is 17.0. The molecule has 23 heavy (non-hydrogen) atoms. The molecule has 0 unspecified atom stereocenters. The summed E-state index contributed by atoms with van der Waals surface area (Å²) in [4.78, 5) is 12.0. The van der Waals surface area contributed by atoms with Crippen LogP contribution in [0.2, 0.25) is 0 Å². The van der Waals surface area contributed by atoms with Gasteiger partial charge in [-0.2, -0.15) is 4.31 Å². The van der Waals surface area contributed by atoms with E-state index >= 15 is 0 Å². The first-order valence-corrected chi connectivity index (χ1v) is 8.89. The lowest BCUT2D eigenvalue weighted by atomic mass is 10.1. The number of benzene rings is 1. The number of hydrogen-bond donors (Lipinski definition) is 2. The Morgan fingerprint density at radius 1 is 1.26 bits per heavy atom. The maximum absolute atomic E-state index is 12.5. The fourth-order valence-electron chi connectivity index (χ4n) is 2.13. The Labute approximate surface area is 136 Å². The smallest absolute Gasteiger partial charge is 0.243 e. The molecule has 128 valence electrons. The van der Waals surface area contributed by atoms with Gasteiger partial charge in [0.25, 0.3) is 0 Å². The van der Waals surface area contributed by atoms with Gasteiger partial charge in [-0.05, 0) is 31.5 Å². The number of rotatable bonds is 5. The highest BCUT2D eigenvalue weighted by atomic mass is 32.2. The van der Waals surface area contributed by atoms with Crippen LogP contribution in [0.1, 0.15) is 19.4 Å². The molecule has 3 N–H and O–H groups in total. The minimum Gasteiger partial charge on any atom is -0.379 e. The zero-order valence-electron chi connectivity index (χ0n) is 13.4. The Hall–Kier alpha value is -1.48. The zero-order valence-corrected chi connectivity index (χ0v) is 14.2. The molecule has 1 aliphatic rings. The van der Waals surface area contributed by atoms with Crippen LogP contribution in [-0.2, 0) is 26.1 Å². The molecule has 0 radical (unpaired) electrons. The van der Waals surface area contributed by atoms with E-state index < -0.39 is 15.6 Å². The summed E-state index contributed by atoms with van der Waals surface area (Å²) >= 11 is 0. The van der Waals surface area contributed by atoms with Crippen molar-refractivity contribution in [3.05, 3.63) is 29.8 Å². The lowest BCUT2D eigenvalue weighted by Gasteiger charge is -2.26. The first kappa shape index (κ1) is 17.9. The highest BCUT2D eigenvalue weighted by Crippen LogP contribution is 2.17. The molecule has 1 amide bonds. The van der Waals surface area contributed by atoms with E-state index in [4.69, 9.17) is 10.5 Å². The Balaban J connectivity index is 2.03. The number of nitrogens with one attached hydrogen (secondary N) is 1. The monoisotopic (exact) mass is 341 g/mol. The molecule has 8 heteroatoms. The van der Waals surface area contributed by atoms with Crippen LogP contribution in [-0.4, -0.2) is 50.5 Å². The standard InChI is InChI=1S/C15H23N3O4S/c1-15(2,16)14(19)17-11-12-3-5-13(6-4-12)23(20,21)18-7-9-22-10-8-18/h3-6H,7-11,16H2,1-2H3,(H,17,19). The highest BCUT2D eigenvalue weighted by molar-refractivity contribution is 7.89. The van der Waals surface area contributed by atoms with Gasteiger partial charge in [0.1, 0.15) is 0 Å². The van der Waals surface area contributed by atoms with Crippen molar-refractivity contribution in [2.75, 3.05) is 26.3 Å². The number of morpholine rings is 1. The number of ether oxygens (including phenoxy) is 1. The van der Waals surface area contributed by atoms with Gasteiger partial charge in [-0.3, -0.25) is 4.79 Å². The van der Waals surface area contributed by atoms with Crippen molar-refractivity contribution in [2.45, 2.75) is 30.8 Å². The lowest BCUT2D eigenvalue weighted by Crippen LogP contribution is -2.48. The molecule has 1 heterocycles. The SMILES string of the molecule is CC(C)(N)C(=O)NCc1ccc(S(=O)(=O)N2CCOCC2)cc1. The van der Waals surface area contributed by atoms with Crippen LogP contribution in [0, 0.1) is 0 Å². The van der Waals surface area contributed by atoms with Crippen molar-refractivity contribution in [1.29, 1.82) is 0 Å². The van der Waals surface area contributed by atoms with Crippen molar-refractivity contribution in [3.63, 3.8) is 0 Å². The summed E-state index contributed by atoms with van der Waals surface area (Å²) < 4.78 is 31.6. The molecule has 0 spiro atoms. The van der Waals surface area contributed by atoms with E-state index in [1.807, 2.05) is 0 Å². The third-order valence-electron chi connectivity index (χ3n) is 3.57. The second-order valence-electron chi connectivity index (χ2n) is 6.06. The molecule has 1 aliphatic heterocycles. The molecule has 1 fully saturated rings. The van der Waals surface area contributed by atoms with E-state index in [0.29, 0.717) is 32.8 Å². The molecule has 0 saturated carbocycles. The second kappa shape index (κ2) is 6.96.